The third kappa shape index (κ3) is 5.60. The van der Waals surface area contributed by atoms with Crippen LogP contribution in [0.25, 0.3) is 0 Å². The van der Waals surface area contributed by atoms with Gasteiger partial charge >= 0.3 is 5.69 Å². The van der Waals surface area contributed by atoms with Gasteiger partial charge in [-0.15, -0.1) is 0 Å². The van der Waals surface area contributed by atoms with E-state index >= 15 is 0 Å². The monoisotopic (exact) mass is 467 g/mol. The molecule has 0 saturated carbocycles. The number of anilines is 1. The maximum Gasteiger partial charge on any atom is 0.332 e. The summed E-state index contributed by atoms with van der Waals surface area (Å²) in [5.41, 5.74) is 2.02. The highest BCUT2D eigenvalue weighted by Gasteiger charge is 2.27. The average molecular weight is 468 g/mol. The summed E-state index contributed by atoms with van der Waals surface area (Å²) in [6.07, 6.45) is 3.68. The molecule has 2 saturated heterocycles. The summed E-state index contributed by atoms with van der Waals surface area (Å²) in [5.74, 6) is 1.29. The quantitative estimate of drug-likeness (QED) is 0.699. The lowest BCUT2D eigenvalue weighted by Gasteiger charge is -2.34. The summed E-state index contributed by atoms with van der Waals surface area (Å²) in [7, 11) is 3.17. The number of hydrogen-bond donors (Lipinski definition) is 1. The molecule has 8 nitrogen and oxygen atoms in total. The second kappa shape index (κ2) is 10.6. The van der Waals surface area contributed by atoms with E-state index in [4.69, 9.17) is 0 Å². The molecule has 0 bridgehead atoms. The second-order valence-electron chi connectivity index (χ2n) is 9.95. The molecule has 0 unspecified atom stereocenters. The molecule has 1 aromatic heterocycles. The Bertz CT molecular complexity index is 1100. The van der Waals surface area contributed by atoms with E-state index in [9.17, 15) is 14.4 Å². The second-order valence-corrected chi connectivity index (χ2v) is 9.95. The lowest BCUT2D eigenvalue weighted by atomic mass is 9.94. The van der Waals surface area contributed by atoms with E-state index < -0.39 is 0 Å². The summed E-state index contributed by atoms with van der Waals surface area (Å²) in [6, 6.07) is 10.3. The van der Waals surface area contributed by atoms with E-state index in [-0.39, 0.29) is 23.1 Å². The third-order valence-electron chi connectivity index (χ3n) is 7.49. The van der Waals surface area contributed by atoms with Gasteiger partial charge in [0, 0.05) is 52.3 Å². The molecule has 34 heavy (non-hydrogen) atoms. The highest BCUT2D eigenvalue weighted by molar-refractivity contribution is 5.79. The van der Waals surface area contributed by atoms with Gasteiger partial charge in [0.2, 0.25) is 5.91 Å². The van der Waals surface area contributed by atoms with Crippen LogP contribution >= 0.6 is 0 Å². The number of nitrogens with zero attached hydrogens (tertiary/aromatic N) is 4. The smallest absolute Gasteiger partial charge is 0.332 e. The molecule has 4 rings (SSSR count). The highest BCUT2D eigenvalue weighted by Crippen LogP contribution is 2.23. The van der Waals surface area contributed by atoms with Crippen molar-refractivity contribution < 1.29 is 4.79 Å². The van der Waals surface area contributed by atoms with Gasteiger partial charge in [0.25, 0.3) is 5.56 Å². The Morgan fingerprint density at radius 1 is 0.941 bits per heavy atom. The molecule has 2 aliphatic heterocycles. The minimum Gasteiger partial charge on any atom is -0.358 e. The van der Waals surface area contributed by atoms with Gasteiger partial charge in [-0.2, -0.15) is 0 Å². The van der Waals surface area contributed by atoms with Crippen LogP contribution in [-0.4, -0.2) is 52.7 Å². The molecule has 0 aliphatic carbocycles. The Morgan fingerprint density at radius 2 is 1.59 bits per heavy atom. The zero-order valence-electron chi connectivity index (χ0n) is 20.6. The molecule has 0 spiro atoms. The topological polar surface area (TPSA) is 79.6 Å². The van der Waals surface area contributed by atoms with Crippen molar-refractivity contribution in [2.75, 3.05) is 37.6 Å². The molecule has 3 heterocycles. The molecule has 8 heteroatoms. The summed E-state index contributed by atoms with van der Waals surface area (Å²) in [4.78, 5) is 41.6. The minimum absolute atomic E-state index is 0.0125. The first-order valence-corrected chi connectivity index (χ1v) is 12.4. The molecular formula is C26H37N5O3. The molecule has 184 valence electrons. The van der Waals surface area contributed by atoms with Crippen LogP contribution in [0.4, 0.5) is 5.82 Å². The van der Waals surface area contributed by atoms with Crippen molar-refractivity contribution in [2.24, 2.45) is 25.9 Å². The van der Waals surface area contributed by atoms with Crippen molar-refractivity contribution in [1.82, 2.24) is 19.4 Å². The van der Waals surface area contributed by atoms with Gasteiger partial charge in [0.1, 0.15) is 5.82 Å². The van der Waals surface area contributed by atoms with Crippen molar-refractivity contribution in [1.29, 1.82) is 0 Å². The van der Waals surface area contributed by atoms with Crippen molar-refractivity contribution >= 4 is 11.7 Å². The summed E-state index contributed by atoms with van der Waals surface area (Å²) in [6.45, 7) is 7.33. The van der Waals surface area contributed by atoms with Crippen LogP contribution in [0.1, 0.15) is 36.8 Å². The Labute approximate surface area is 201 Å². The fourth-order valence-corrected chi connectivity index (χ4v) is 5.09. The van der Waals surface area contributed by atoms with Crippen molar-refractivity contribution in [3.8, 4) is 0 Å². The van der Waals surface area contributed by atoms with Crippen LogP contribution in [0.15, 0.2) is 39.9 Å². The Balaban J connectivity index is 1.20. The number of hydrogen-bond acceptors (Lipinski definition) is 5. The number of piperidine rings is 2. The number of nitrogens with one attached hydrogen (secondary N) is 1. The number of benzene rings is 1. The van der Waals surface area contributed by atoms with E-state index in [1.807, 2.05) is 4.90 Å². The maximum atomic E-state index is 12.8. The number of aryl methyl sites for hydroxylation is 1. The Morgan fingerprint density at radius 3 is 2.24 bits per heavy atom. The average Bonchev–Trinajstić information content (AvgIpc) is 2.86. The summed E-state index contributed by atoms with van der Waals surface area (Å²) < 4.78 is 2.61. The third-order valence-corrected chi connectivity index (χ3v) is 7.49. The van der Waals surface area contributed by atoms with Crippen LogP contribution in [0.5, 0.6) is 0 Å². The largest absolute Gasteiger partial charge is 0.358 e. The van der Waals surface area contributed by atoms with E-state index in [1.165, 1.54) is 28.8 Å². The molecular weight excluding hydrogens is 430 g/mol. The molecule has 2 aliphatic rings. The molecule has 1 aromatic carbocycles. The Kier molecular flexibility index (Phi) is 7.56. The van der Waals surface area contributed by atoms with Crippen LogP contribution in [-0.2, 0) is 25.4 Å². The zero-order valence-corrected chi connectivity index (χ0v) is 20.6. The predicted octanol–water partition coefficient (Wildman–Crippen LogP) is 1.64. The first-order chi connectivity index (χ1) is 16.3. The number of amides is 1. The van der Waals surface area contributed by atoms with Gasteiger partial charge in [0.05, 0.1) is 0 Å². The number of carbonyl (C=O) groups excluding carboxylic acids is 1. The van der Waals surface area contributed by atoms with Gasteiger partial charge in [0.15, 0.2) is 0 Å². The number of aromatic nitrogens is 2. The van der Waals surface area contributed by atoms with Gasteiger partial charge in [-0.25, -0.2) is 4.79 Å². The van der Waals surface area contributed by atoms with Crippen molar-refractivity contribution in [3.63, 3.8) is 0 Å². The fraction of sp³-hybridized carbons (Fsp3) is 0.577. The van der Waals surface area contributed by atoms with E-state index in [2.05, 4.69) is 41.4 Å². The van der Waals surface area contributed by atoms with Gasteiger partial charge in [-0.1, -0.05) is 29.8 Å². The molecule has 2 aromatic rings. The molecule has 2 fully saturated rings. The normalized spacial score (nSPS) is 18.3. The van der Waals surface area contributed by atoms with Gasteiger partial charge in [-0.3, -0.25) is 23.6 Å². The lowest BCUT2D eigenvalue weighted by Crippen LogP contribution is -2.45. The standard InChI is InChI=1S/C26H37N5O3/c1-19-4-6-21(7-5-19)18-30-12-8-20(9-13-30)17-27-25(33)22-10-14-31(15-11-22)23-16-24(32)29(3)26(34)28(23)2/h4-7,16,20,22H,8-15,17-18H2,1-3H3,(H,27,33). The first-order valence-electron chi connectivity index (χ1n) is 12.4. The molecule has 0 atom stereocenters. The predicted molar refractivity (Wildman–Crippen MR) is 134 cm³/mol. The lowest BCUT2D eigenvalue weighted by molar-refractivity contribution is -0.125. The molecule has 0 radical (unpaired) electrons. The van der Waals surface area contributed by atoms with Crippen LogP contribution in [0.3, 0.4) is 0 Å². The highest BCUT2D eigenvalue weighted by atomic mass is 16.2. The van der Waals surface area contributed by atoms with Crippen LogP contribution in [0.2, 0.25) is 0 Å². The van der Waals surface area contributed by atoms with Crippen molar-refractivity contribution in [3.05, 3.63) is 62.3 Å². The Hall–Kier alpha value is -2.87. The van der Waals surface area contributed by atoms with Crippen LogP contribution < -0.4 is 21.5 Å². The number of rotatable bonds is 6. The molecule has 1 amide bonds. The summed E-state index contributed by atoms with van der Waals surface area (Å²) >= 11 is 0. The SMILES string of the molecule is Cc1ccc(CN2CCC(CNC(=O)C3CCN(c4cc(=O)n(C)c(=O)n4C)CC3)CC2)cc1. The van der Waals surface area contributed by atoms with Gasteiger partial charge < -0.3 is 10.2 Å². The number of likely N-dealkylation sites (tertiary alicyclic amines) is 1. The van der Waals surface area contributed by atoms with Gasteiger partial charge in [-0.05, 0) is 57.2 Å². The zero-order chi connectivity index (χ0) is 24.2. The van der Waals surface area contributed by atoms with E-state index in [1.54, 1.807) is 7.05 Å². The maximum absolute atomic E-state index is 12.8. The van der Waals surface area contributed by atoms with E-state index in [0.717, 1.165) is 56.4 Å². The first kappa shape index (κ1) is 24.3. The van der Waals surface area contributed by atoms with Crippen LogP contribution in [0, 0.1) is 18.8 Å². The van der Waals surface area contributed by atoms with Crippen molar-refractivity contribution in [2.45, 2.75) is 39.2 Å². The fourth-order valence-electron chi connectivity index (χ4n) is 5.09. The molecule has 1 N–H and O–H groups in total. The number of carbonyl (C=O) groups is 1. The van der Waals surface area contributed by atoms with E-state index in [0.29, 0.717) is 24.8 Å². The minimum atomic E-state index is -0.327. The summed E-state index contributed by atoms with van der Waals surface area (Å²) in [5, 5.41) is 3.20.